The van der Waals surface area contributed by atoms with E-state index in [1.165, 1.54) is 24.3 Å². The predicted octanol–water partition coefficient (Wildman–Crippen LogP) is 3.22. The Kier molecular flexibility index (Phi) is 4.03. The van der Waals surface area contributed by atoms with Crippen LogP contribution in [0.15, 0.2) is 30.3 Å². The molecule has 100 valence electrons. The van der Waals surface area contributed by atoms with Crippen LogP contribution in [0.2, 0.25) is 5.02 Å². The number of carbonyl (C=O) groups is 2. The first-order valence-corrected chi connectivity index (χ1v) is 6.55. The average molecular weight is 307 g/mol. The van der Waals surface area contributed by atoms with E-state index in [0.717, 1.165) is 11.3 Å². The molecule has 0 radical (unpaired) electrons. The van der Waals surface area contributed by atoms with E-state index in [1.54, 1.807) is 6.07 Å². The van der Waals surface area contributed by atoms with E-state index < -0.39 is 11.9 Å². The lowest BCUT2D eigenvalue weighted by molar-refractivity contribution is 0.0702. The number of carboxylic acid groups (broad SMARTS) is 1. The zero-order valence-electron chi connectivity index (χ0n) is 9.88. The SMILES string of the molecule is N#Cc1ccc(NC(=O)c2ccc(C(=O)O)s2)cc1Cl. The van der Waals surface area contributed by atoms with Gasteiger partial charge in [0.2, 0.25) is 0 Å². The van der Waals surface area contributed by atoms with Crippen LogP contribution in [0, 0.1) is 11.3 Å². The fourth-order valence-corrected chi connectivity index (χ4v) is 2.41. The molecule has 0 fully saturated rings. The smallest absolute Gasteiger partial charge is 0.345 e. The van der Waals surface area contributed by atoms with Crippen molar-refractivity contribution in [2.45, 2.75) is 0 Å². The van der Waals surface area contributed by atoms with Crippen molar-refractivity contribution < 1.29 is 14.7 Å². The Morgan fingerprint density at radius 3 is 2.50 bits per heavy atom. The number of nitrogens with one attached hydrogen (secondary N) is 1. The summed E-state index contributed by atoms with van der Waals surface area (Å²) in [5, 5.41) is 20.4. The van der Waals surface area contributed by atoms with Gasteiger partial charge in [-0.15, -0.1) is 11.3 Å². The number of hydrogen-bond donors (Lipinski definition) is 2. The van der Waals surface area contributed by atoms with E-state index in [9.17, 15) is 9.59 Å². The van der Waals surface area contributed by atoms with Gasteiger partial charge in [0, 0.05) is 5.69 Å². The normalized spacial score (nSPS) is 9.80. The summed E-state index contributed by atoms with van der Waals surface area (Å²) >= 11 is 6.74. The Balaban J connectivity index is 2.17. The maximum atomic E-state index is 11.9. The van der Waals surface area contributed by atoms with Gasteiger partial charge in [-0.05, 0) is 30.3 Å². The van der Waals surface area contributed by atoms with Crippen molar-refractivity contribution in [3.05, 3.63) is 50.7 Å². The number of amides is 1. The number of halogens is 1. The molecular weight excluding hydrogens is 300 g/mol. The molecule has 0 saturated heterocycles. The number of benzene rings is 1. The number of rotatable bonds is 3. The van der Waals surface area contributed by atoms with Crippen molar-refractivity contribution in [1.82, 2.24) is 0 Å². The Bertz CT molecular complexity index is 733. The van der Waals surface area contributed by atoms with Crippen LogP contribution >= 0.6 is 22.9 Å². The third kappa shape index (κ3) is 2.96. The minimum Gasteiger partial charge on any atom is -0.477 e. The maximum Gasteiger partial charge on any atom is 0.345 e. The van der Waals surface area contributed by atoms with Gasteiger partial charge in [0.25, 0.3) is 5.91 Å². The summed E-state index contributed by atoms with van der Waals surface area (Å²) in [6, 6.07) is 9.23. The summed E-state index contributed by atoms with van der Waals surface area (Å²) < 4.78 is 0. The third-order valence-corrected chi connectivity index (χ3v) is 3.77. The lowest BCUT2D eigenvalue weighted by Crippen LogP contribution is -2.10. The quantitative estimate of drug-likeness (QED) is 0.911. The fourth-order valence-electron chi connectivity index (χ4n) is 1.45. The summed E-state index contributed by atoms with van der Waals surface area (Å²) in [5.74, 6) is -1.50. The zero-order valence-corrected chi connectivity index (χ0v) is 11.5. The summed E-state index contributed by atoms with van der Waals surface area (Å²) in [5.41, 5.74) is 0.748. The lowest BCUT2D eigenvalue weighted by atomic mass is 10.2. The molecule has 0 spiro atoms. The Morgan fingerprint density at radius 1 is 1.25 bits per heavy atom. The van der Waals surface area contributed by atoms with Crippen LogP contribution in [-0.2, 0) is 0 Å². The summed E-state index contributed by atoms with van der Waals surface area (Å²) in [6.45, 7) is 0. The van der Waals surface area contributed by atoms with Gasteiger partial charge >= 0.3 is 5.97 Å². The second kappa shape index (κ2) is 5.74. The molecule has 0 unspecified atom stereocenters. The predicted molar refractivity (Wildman–Crippen MR) is 75.4 cm³/mol. The zero-order chi connectivity index (χ0) is 14.7. The standard InChI is InChI=1S/C13H7ClN2O3S/c14-9-5-8(2-1-7(9)6-15)16-12(17)10-3-4-11(20-10)13(18)19/h1-5H,(H,16,17)(H,18,19). The van der Waals surface area contributed by atoms with Crippen LogP contribution in [0.25, 0.3) is 0 Å². The lowest BCUT2D eigenvalue weighted by Gasteiger charge is -2.04. The van der Waals surface area contributed by atoms with E-state index in [1.807, 2.05) is 6.07 Å². The van der Waals surface area contributed by atoms with Crippen molar-refractivity contribution in [2.24, 2.45) is 0 Å². The summed E-state index contributed by atoms with van der Waals surface area (Å²) in [4.78, 5) is 23.0. The van der Waals surface area contributed by atoms with Crippen LogP contribution < -0.4 is 5.32 Å². The van der Waals surface area contributed by atoms with Crippen molar-refractivity contribution in [2.75, 3.05) is 5.32 Å². The molecule has 5 nitrogen and oxygen atoms in total. The number of nitriles is 1. The highest BCUT2D eigenvalue weighted by Crippen LogP contribution is 2.22. The molecule has 0 saturated carbocycles. The van der Waals surface area contributed by atoms with E-state index in [-0.39, 0.29) is 14.8 Å². The molecule has 7 heteroatoms. The van der Waals surface area contributed by atoms with E-state index in [0.29, 0.717) is 11.3 Å². The topological polar surface area (TPSA) is 90.2 Å². The molecule has 1 aromatic carbocycles. The number of aromatic carboxylic acids is 1. The molecule has 0 aliphatic carbocycles. The minimum absolute atomic E-state index is 0.0908. The Morgan fingerprint density at radius 2 is 1.95 bits per heavy atom. The number of carbonyl (C=O) groups excluding carboxylic acids is 1. The number of hydrogen-bond acceptors (Lipinski definition) is 4. The first-order chi connectivity index (χ1) is 9.51. The van der Waals surface area contributed by atoms with Gasteiger partial charge in [0.15, 0.2) is 0 Å². The first kappa shape index (κ1) is 14.1. The third-order valence-electron chi connectivity index (χ3n) is 2.39. The van der Waals surface area contributed by atoms with Crippen molar-refractivity contribution in [3.63, 3.8) is 0 Å². The number of anilines is 1. The molecule has 1 amide bonds. The van der Waals surface area contributed by atoms with Gasteiger partial charge in [0.05, 0.1) is 15.5 Å². The van der Waals surface area contributed by atoms with Gasteiger partial charge in [-0.25, -0.2) is 4.79 Å². The first-order valence-electron chi connectivity index (χ1n) is 5.35. The second-order valence-corrected chi connectivity index (χ2v) is 5.22. The van der Waals surface area contributed by atoms with E-state index in [2.05, 4.69) is 5.32 Å². The maximum absolute atomic E-state index is 11.9. The monoisotopic (exact) mass is 306 g/mol. The number of thiophene rings is 1. The van der Waals surface area contributed by atoms with Crippen LogP contribution in [0.4, 0.5) is 5.69 Å². The van der Waals surface area contributed by atoms with E-state index in [4.69, 9.17) is 22.0 Å². The molecule has 0 aliphatic rings. The van der Waals surface area contributed by atoms with Gasteiger partial charge in [-0.3, -0.25) is 4.79 Å². The Labute approximate surface area is 123 Å². The molecule has 2 aromatic rings. The molecule has 2 N–H and O–H groups in total. The van der Waals surface area contributed by atoms with Crippen LogP contribution in [-0.4, -0.2) is 17.0 Å². The molecular formula is C13H7ClN2O3S. The highest BCUT2D eigenvalue weighted by atomic mass is 35.5. The molecule has 0 atom stereocenters. The van der Waals surface area contributed by atoms with Crippen molar-refractivity contribution in [3.8, 4) is 6.07 Å². The largest absolute Gasteiger partial charge is 0.477 e. The van der Waals surface area contributed by atoms with Crippen LogP contribution in [0.5, 0.6) is 0 Å². The van der Waals surface area contributed by atoms with Crippen LogP contribution in [0.3, 0.4) is 0 Å². The highest BCUT2D eigenvalue weighted by Gasteiger charge is 2.13. The molecule has 1 aromatic heterocycles. The van der Waals surface area contributed by atoms with E-state index >= 15 is 0 Å². The average Bonchev–Trinajstić information content (AvgIpc) is 2.88. The van der Waals surface area contributed by atoms with Gasteiger partial charge in [-0.2, -0.15) is 5.26 Å². The molecule has 0 aliphatic heterocycles. The van der Waals surface area contributed by atoms with Crippen molar-refractivity contribution in [1.29, 1.82) is 5.26 Å². The summed E-state index contributed by atoms with van der Waals surface area (Å²) in [6.07, 6.45) is 0. The second-order valence-electron chi connectivity index (χ2n) is 3.73. The number of nitrogens with zero attached hydrogens (tertiary/aromatic N) is 1. The summed E-state index contributed by atoms with van der Waals surface area (Å²) in [7, 11) is 0. The fraction of sp³-hybridized carbons (Fsp3) is 0. The molecule has 2 rings (SSSR count). The van der Waals surface area contributed by atoms with Crippen LogP contribution in [0.1, 0.15) is 24.9 Å². The molecule has 0 bridgehead atoms. The highest BCUT2D eigenvalue weighted by molar-refractivity contribution is 7.15. The van der Waals surface area contributed by atoms with Gasteiger partial charge < -0.3 is 10.4 Å². The number of carboxylic acids is 1. The Hall–Kier alpha value is -2.36. The minimum atomic E-state index is -1.07. The van der Waals surface area contributed by atoms with Gasteiger partial charge in [0.1, 0.15) is 10.9 Å². The van der Waals surface area contributed by atoms with Crippen molar-refractivity contribution >= 4 is 40.5 Å². The van der Waals surface area contributed by atoms with Gasteiger partial charge in [-0.1, -0.05) is 11.6 Å². The molecule has 20 heavy (non-hydrogen) atoms. The molecule has 1 heterocycles.